The second-order valence-electron chi connectivity index (χ2n) is 4.62. The summed E-state index contributed by atoms with van der Waals surface area (Å²) in [6.07, 6.45) is 5.28. The lowest BCUT2D eigenvalue weighted by molar-refractivity contribution is 0.189. The van der Waals surface area contributed by atoms with Gasteiger partial charge in [-0.25, -0.2) is 4.98 Å². The molecule has 2 aromatic rings. The molecular formula is C13H19N3O. The molecule has 0 aliphatic carbocycles. The summed E-state index contributed by atoms with van der Waals surface area (Å²) in [5, 5.41) is 9.66. The van der Waals surface area contributed by atoms with Crippen LogP contribution in [0.3, 0.4) is 0 Å². The number of nitrogens with zero attached hydrogens (tertiary/aromatic N) is 3. The lowest BCUT2D eigenvalue weighted by Crippen LogP contribution is -2.11. The molecule has 0 fully saturated rings. The van der Waals surface area contributed by atoms with Crippen LogP contribution in [0.2, 0.25) is 0 Å². The molecule has 0 saturated carbocycles. The van der Waals surface area contributed by atoms with Crippen molar-refractivity contribution in [3.05, 3.63) is 42.2 Å². The van der Waals surface area contributed by atoms with Crippen molar-refractivity contribution in [1.82, 2.24) is 14.1 Å². The SMILES string of the molecule is CC(O)c1cccn1Cc1cncn1C(C)C. The summed E-state index contributed by atoms with van der Waals surface area (Å²) in [6.45, 7) is 6.80. The summed E-state index contributed by atoms with van der Waals surface area (Å²) >= 11 is 0. The average Bonchev–Trinajstić information content (AvgIpc) is 2.86. The molecule has 1 atom stereocenters. The molecule has 92 valence electrons. The van der Waals surface area contributed by atoms with Crippen LogP contribution in [0.4, 0.5) is 0 Å². The lowest BCUT2D eigenvalue weighted by Gasteiger charge is -2.15. The minimum Gasteiger partial charge on any atom is -0.387 e. The van der Waals surface area contributed by atoms with Crippen molar-refractivity contribution < 1.29 is 5.11 Å². The van der Waals surface area contributed by atoms with Gasteiger partial charge in [-0.3, -0.25) is 0 Å². The summed E-state index contributed by atoms with van der Waals surface area (Å²) in [5.41, 5.74) is 2.08. The summed E-state index contributed by atoms with van der Waals surface area (Å²) < 4.78 is 4.20. The second-order valence-corrected chi connectivity index (χ2v) is 4.62. The largest absolute Gasteiger partial charge is 0.387 e. The fraction of sp³-hybridized carbons (Fsp3) is 0.462. The van der Waals surface area contributed by atoms with Crippen LogP contribution < -0.4 is 0 Å². The van der Waals surface area contributed by atoms with E-state index in [9.17, 15) is 5.11 Å². The van der Waals surface area contributed by atoms with Gasteiger partial charge in [0, 0.05) is 24.1 Å². The van der Waals surface area contributed by atoms with E-state index in [0.29, 0.717) is 6.04 Å². The zero-order valence-corrected chi connectivity index (χ0v) is 10.5. The van der Waals surface area contributed by atoms with E-state index in [0.717, 1.165) is 17.9 Å². The van der Waals surface area contributed by atoms with Gasteiger partial charge in [0.15, 0.2) is 0 Å². The first-order valence-corrected chi connectivity index (χ1v) is 5.93. The molecule has 0 aliphatic rings. The van der Waals surface area contributed by atoms with Crippen LogP contribution in [0, 0.1) is 0 Å². The second kappa shape index (κ2) is 4.75. The summed E-state index contributed by atoms with van der Waals surface area (Å²) in [6, 6.07) is 4.30. The van der Waals surface area contributed by atoms with Gasteiger partial charge in [-0.2, -0.15) is 0 Å². The van der Waals surface area contributed by atoms with Crippen LogP contribution in [0.15, 0.2) is 30.9 Å². The smallest absolute Gasteiger partial charge is 0.0951 e. The first-order valence-electron chi connectivity index (χ1n) is 5.93. The van der Waals surface area contributed by atoms with Gasteiger partial charge in [-0.1, -0.05) is 0 Å². The third kappa shape index (κ3) is 2.42. The van der Waals surface area contributed by atoms with E-state index in [2.05, 4.69) is 28.0 Å². The zero-order chi connectivity index (χ0) is 12.4. The first kappa shape index (κ1) is 11.9. The third-order valence-corrected chi connectivity index (χ3v) is 2.93. The van der Waals surface area contributed by atoms with Crippen molar-refractivity contribution in [2.45, 2.75) is 39.5 Å². The summed E-state index contributed by atoms with van der Waals surface area (Å²) in [7, 11) is 0. The molecule has 0 bridgehead atoms. The monoisotopic (exact) mass is 233 g/mol. The number of rotatable bonds is 4. The van der Waals surface area contributed by atoms with Gasteiger partial charge in [-0.15, -0.1) is 0 Å². The van der Waals surface area contributed by atoms with E-state index in [1.165, 1.54) is 0 Å². The van der Waals surface area contributed by atoms with Gasteiger partial charge in [0.05, 0.1) is 24.7 Å². The predicted octanol–water partition coefficient (Wildman–Crippen LogP) is 2.37. The maximum Gasteiger partial charge on any atom is 0.0951 e. The van der Waals surface area contributed by atoms with Crippen molar-refractivity contribution >= 4 is 0 Å². The quantitative estimate of drug-likeness (QED) is 0.881. The maximum absolute atomic E-state index is 9.66. The van der Waals surface area contributed by atoms with Crippen molar-refractivity contribution in [2.24, 2.45) is 0 Å². The molecule has 1 unspecified atom stereocenters. The molecule has 0 aromatic carbocycles. The van der Waals surface area contributed by atoms with E-state index >= 15 is 0 Å². The minimum atomic E-state index is -0.444. The average molecular weight is 233 g/mol. The first-order chi connectivity index (χ1) is 8.09. The normalized spacial score (nSPS) is 13.2. The van der Waals surface area contributed by atoms with E-state index in [4.69, 9.17) is 0 Å². The Balaban J connectivity index is 2.25. The van der Waals surface area contributed by atoms with Crippen LogP contribution in [-0.2, 0) is 6.54 Å². The Bertz CT molecular complexity index is 438. The van der Waals surface area contributed by atoms with Gasteiger partial charge < -0.3 is 14.2 Å². The molecule has 0 saturated heterocycles. The molecular weight excluding hydrogens is 214 g/mol. The minimum absolute atomic E-state index is 0.401. The topological polar surface area (TPSA) is 43.0 Å². The van der Waals surface area contributed by atoms with Crippen LogP contribution >= 0.6 is 0 Å². The molecule has 1 N–H and O–H groups in total. The van der Waals surface area contributed by atoms with Gasteiger partial charge in [-0.05, 0) is 32.9 Å². The number of aliphatic hydroxyl groups excluding tert-OH is 1. The Morgan fingerprint density at radius 1 is 1.35 bits per heavy atom. The van der Waals surface area contributed by atoms with Gasteiger partial charge in [0.25, 0.3) is 0 Å². The Labute approximate surface area is 102 Å². The Morgan fingerprint density at radius 2 is 2.12 bits per heavy atom. The van der Waals surface area contributed by atoms with Crippen LogP contribution in [0.5, 0.6) is 0 Å². The van der Waals surface area contributed by atoms with E-state index in [1.807, 2.05) is 30.9 Å². The van der Waals surface area contributed by atoms with Gasteiger partial charge in [0.1, 0.15) is 0 Å². The molecule has 4 nitrogen and oxygen atoms in total. The maximum atomic E-state index is 9.66. The van der Waals surface area contributed by atoms with Crippen molar-refractivity contribution in [1.29, 1.82) is 0 Å². The number of hydrogen-bond donors (Lipinski definition) is 1. The highest BCUT2D eigenvalue weighted by Gasteiger charge is 2.10. The fourth-order valence-corrected chi connectivity index (χ4v) is 2.04. The van der Waals surface area contributed by atoms with Crippen molar-refractivity contribution in [3.63, 3.8) is 0 Å². The Morgan fingerprint density at radius 3 is 2.76 bits per heavy atom. The third-order valence-electron chi connectivity index (χ3n) is 2.93. The highest BCUT2D eigenvalue weighted by Crippen LogP contribution is 2.16. The molecule has 2 rings (SSSR count). The highest BCUT2D eigenvalue weighted by molar-refractivity contribution is 5.12. The number of aliphatic hydroxyl groups is 1. The Kier molecular flexibility index (Phi) is 3.33. The lowest BCUT2D eigenvalue weighted by atomic mass is 10.3. The van der Waals surface area contributed by atoms with Crippen LogP contribution in [-0.4, -0.2) is 19.2 Å². The molecule has 17 heavy (non-hydrogen) atoms. The fourth-order valence-electron chi connectivity index (χ4n) is 2.04. The van der Waals surface area contributed by atoms with Crippen molar-refractivity contribution in [2.75, 3.05) is 0 Å². The number of aromatic nitrogens is 3. The molecule has 0 radical (unpaired) electrons. The Hall–Kier alpha value is -1.55. The number of imidazole rings is 1. The number of hydrogen-bond acceptors (Lipinski definition) is 2. The van der Waals surface area contributed by atoms with Crippen LogP contribution in [0.1, 0.15) is 44.3 Å². The molecule has 2 heterocycles. The molecule has 4 heteroatoms. The van der Waals surface area contributed by atoms with Gasteiger partial charge >= 0.3 is 0 Å². The summed E-state index contributed by atoms with van der Waals surface area (Å²) in [5.74, 6) is 0. The van der Waals surface area contributed by atoms with Gasteiger partial charge in [0.2, 0.25) is 0 Å². The zero-order valence-electron chi connectivity index (χ0n) is 10.5. The van der Waals surface area contributed by atoms with E-state index in [1.54, 1.807) is 6.92 Å². The van der Waals surface area contributed by atoms with E-state index < -0.39 is 6.10 Å². The highest BCUT2D eigenvalue weighted by atomic mass is 16.3. The molecule has 0 amide bonds. The van der Waals surface area contributed by atoms with E-state index in [-0.39, 0.29) is 0 Å². The predicted molar refractivity (Wildman–Crippen MR) is 66.8 cm³/mol. The van der Waals surface area contributed by atoms with Crippen LogP contribution in [0.25, 0.3) is 0 Å². The molecule has 0 aliphatic heterocycles. The summed E-state index contributed by atoms with van der Waals surface area (Å²) in [4.78, 5) is 4.19. The standard InChI is InChI=1S/C13H19N3O/c1-10(2)16-9-14-7-12(16)8-15-6-4-5-13(15)11(3)17/h4-7,9-11,17H,8H2,1-3H3. The molecule has 2 aromatic heterocycles. The van der Waals surface area contributed by atoms with Crippen molar-refractivity contribution in [3.8, 4) is 0 Å². The molecule has 0 spiro atoms.